The summed E-state index contributed by atoms with van der Waals surface area (Å²) in [5, 5.41) is 11.5. The summed E-state index contributed by atoms with van der Waals surface area (Å²) in [5.41, 5.74) is -0.644. The Morgan fingerprint density at radius 1 is 1.50 bits per heavy atom. The monoisotopic (exact) mass is 275 g/mol. The molecule has 18 heavy (non-hydrogen) atoms. The Bertz CT molecular complexity index is 312. The lowest BCUT2D eigenvalue weighted by Gasteiger charge is -2.22. The van der Waals surface area contributed by atoms with E-state index in [1.807, 2.05) is 6.92 Å². The van der Waals surface area contributed by atoms with Crippen molar-refractivity contribution in [3.05, 3.63) is 12.7 Å². The largest absolute Gasteiger partial charge is 0.480 e. The molecule has 0 aromatic carbocycles. The minimum absolute atomic E-state index is 0.132. The summed E-state index contributed by atoms with van der Waals surface area (Å²) in [6, 6.07) is -0.966. The van der Waals surface area contributed by atoms with Crippen molar-refractivity contribution < 1.29 is 19.4 Å². The van der Waals surface area contributed by atoms with Crippen molar-refractivity contribution in [3.63, 3.8) is 0 Å². The second-order valence-corrected chi connectivity index (χ2v) is 6.22. The highest BCUT2D eigenvalue weighted by Crippen LogP contribution is 2.13. The fourth-order valence-corrected chi connectivity index (χ4v) is 1.80. The number of hydrogen-bond acceptors (Lipinski definition) is 4. The first-order valence-corrected chi connectivity index (χ1v) is 6.67. The molecule has 0 aliphatic heterocycles. The van der Waals surface area contributed by atoms with E-state index in [0.29, 0.717) is 0 Å². The van der Waals surface area contributed by atoms with Gasteiger partial charge in [-0.25, -0.2) is 9.59 Å². The zero-order valence-corrected chi connectivity index (χ0v) is 12.0. The highest BCUT2D eigenvalue weighted by Gasteiger charge is 2.24. The van der Waals surface area contributed by atoms with E-state index in [9.17, 15) is 9.59 Å². The standard InChI is InChI=1S/C12H21NO4S/c1-6-8(2)18-7-9(10(14)15)13-11(16)17-12(3,4)5/h6,8-9H,1,7H2,2-5H3,(H,13,16)(H,14,15). The van der Waals surface area contributed by atoms with E-state index in [0.717, 1.165) is 0 Å². The maximum atomic E-state index is 11.5. The molecule has 0 bridgehead atoms. The molecule has 2 atom stereocenters. The van der Waals surface area contributed by atoms with Crippen LogP contribution in [0.25, 0.3) is 0 Å². The minimum Gasteiger partial charge on any atom is -0.480 e. The third-order valence-corrected chi connectivity index (χ3v) is 3.09. The van der Waals surface area contributed by atoms with Crippen LogP contribution in [0.3, 0.4) is 0 Å². The Morgan fingerprint density at radius 2 is 2.06 bits per heavy atom. The summed E-state index contributed by atoms with van der Waals surface area (Å²) >= 11 is 1.40. The van der Waals surface area contributed by atoms with Crippen LogP contribution in [0.1, 0.15) is 27.7 Å². The van der Waals surface area contributed by atoms with Crippen molar-refractivity contribution in [2.45, 2.75) is 44.6 Å². The number of carbonyl (C=O) groups is 2. The molecule has 0 aliphatic carbocycles. The maximum absolute atomic E-state index is 11.5. The number of nitrogens with one attached hydrogen (secondary N) is 1. The molecule has 5 nitrogen and oxygen atoms in total. The van der Waals surface area contributed by atoms with Gasteiger partial charge in [-0.05, 0) is 27.7 Å². The highest BCUT2D eigenvalue weighted by molar-refractivity contribution is 8.00. The number of carbonyl (C=O) groups excluding carboxylic acids is 1. The lowest BCUT2D eigenvalue weighted by molar-refractivity contribution is -0.138. The van der Waals surface area contributed by atoms with Crippen LogP contribution in [0.2, 0.25) is 0 Å². The molecular weight excluding hydrogens is 254 g/mol. The minimum atomic E-state index is -1.08. The quantitative estimate of drug-likeness (QED) is 0.727. The summed E-state index contributed by atoms with van der Waals surface area (Å²) in [6.07, 6.45) is 0.999. The first kappa shape index (κ1) is 16.8. The van der Waals surface area contributed by atoms with Crippen LogP contribution in [0.4, 0.5) is 4.79 Å². The van der Waals surface area contributed by atoms with Gasteiger partial charge in [0.2, 0.25) is 0 Å². The molecule has 0 heterocycles. The van der Waals surface area contributed by atoms with Gasteiger partial charge in [0, 0.05) is 11.0 Å². The predicted molar refractivity (Wildman–Crippen MR) is 72.9 cm³/mol. The molecule has 0 saturated carbocycles. The van der Waals surface area contributed by atoms with Crippen LogP contribution in [0.5, 0.6) is 0 Å². The summed E-state index contributed by atoms with van der Waals surface area (Å²) in [4.78, 5) is 22.5. The SMILES string of the molecule is C=CC(C)SCC(NC(=O)OC(C)(C)C)C(=O)O. The Kier molecular flexibility index (Phi) is 6.83. The van der Waals surface area contributed by atoms with Gasteiger partial charge in [0.25, 0.3) is 0 Å². The molecule has 6 heteroatoms. The van der Waals surface area contributed by atoms with E-state index in [1.165, 1.54) is 11.8 Å². The average Bonchev–Trinajstić information content (AvgIpc) is 2.20. The molecule has 104 valence electrons. The normalized spacial score (nSPS) is 14.4. The molecule has 0 radical (unpaired) electrons. The molecule has 0 rings (SSSR count). The molecule has 0 saturated heterocycles. The van der Waals surface area contributed by atoms with Crippen molar-refractivity contribution >= 4 is 23.8 Å². The molecule has 2 N–H and O–H groups in total. The lowest BCUT2D eigenvalue weighted by Crippen LogP contribution is -2.45. The highest BCUT2D eigenvalue weighted by atomic mass is 32.2. The predicted octanol–water partition coefficient (Wildman–Crippen LogP) is 2.27. The Hall–Kier alpha value is -1.17. The number of hydrogen-bond donors (Lipinski definition) is 2. The van der Waals surface area contributed by atoms with Crippen molar-refractivity contribution in [2.75, 3.05) is 5.75 Å². The zero-order chi connectivity index (χ0) is 14.3. The smallest absolute Gasteiger partial charge is 0.408 e. The van der Waals surface area contributed by atoms with Gasteiger partial charge in [0.15, 0.2) is 0 Å². The number of alkyl carbamates (subject to hydrolysis) is 1. The Morgan fingerprint density at radius 3 is 2.44 bits per heavy atom. The summed E-state index contributed by atoms with van der Waals surface area (Å²) in [6.45, 7) is 10.7. The van der Waals surface area contributed by atoms with E-state index >= 15 is 0 Å². The fourth-order valence-electron chi connectivity index (χ4n) is 0.941. The molecule has 1 amide bonds. The Balaban J connectivity index is 4.32. The summed E-state index contributed by atoms with van der Waals surface area (Å²) < 4.78 is 5.01. The van der Waals surface area contributed by atoms with Crippen molar-refractivity contribution in [1.29, 1.82) is 0 Å². The van der Waals surface area contributed by atoms with Gasteiger partial charge in [-0.2, -0.15) is 11.8 Å². The van der Waals surface area contributed by atoms with Gasteiger partial charge >= 0.3 is 12.1 Å². The maximum Gasteiger partial charge on any atom is 0.408 e. The molecule has 0 fully saturated rings. The number of carboxylic acid groups (broad SMARTS) is 1. The van der Waals surface area contributed by atoms with Crippen LogP contribution >= 0.6 is 11.8 Å². The molecule has 0 spiro atoms. The first-order valence-electron chi connectivity index (χ1n) is 5.62. The van der Waals surface area contributed by atoms with Crippen molar-refractivity contribution in [2.24, 2.45) is 0 Å². The third-order valence-electron chi connectivity index (χ3n) is 1.85. The van der Waals surface area contributed by atoms with E-state index in [-0.39, 0.29) is 11.0 Å². The van der Waals surface area contributed by atoms with E-state index in [4.69, 9.17) is 9.84 Å². The van der Waals surface area contributed by atoms with Gasteiger partial charge in [0.1, 0.15) is 11.6 Å². The lowest BCUT2D eigenvalue weighted by atomic mass is 10.2. The topological polar surface area (TPSA) is 75.6 Å². The molecule has 0 aromatic heterocycles. The number of thioether (sulfide) groups is 1. The van der Waals surface area contributed by atoms with Gasteiger partial charge in [-0.1, -0.05) is 6.08 Å². The fraction of sp³-hybridized carbons (Fsp3) is 0.667. The number of ether oxygens (including phenoxy) is 1. The van der Waals surface area contributed by atoms with E-state index in [1.54, 1.807) is 26.8 Å². The van der Waals surface area contributed by atoms with Crippen LogP contribution in [-0.2, 0) is 9.53 Å². The zero-order valence-electron chi connectivity index (χ0n) is 11.2. The molecule has 2 unspecified atom stereocenters. The van der Waals surface area contributed by atoms with Crippen LogP contribution in [-0.4, -0.2) is 39.8 Å². The number of rotatable bonds is 6. The van der Waals surface area contributed by atoms with Gasteiger partial charge in [0.05, 0.1) is 0 Å². The number of carboxylic acids is 1. The molecule has 0 aliphatic rings. The van der Waals surface area contributed by atoms with Crippen LogP contribution in [0, 0.1) is 0 Å². The van der Waals surface area contributed by atoms with Crippen molar-refractivity contribution in [3.8, 4) is 0 Å². The van der Waals surface area contributed by atoms with Crippen molar-refractivity contribution in [1.82, 2.24) is 5.32 Å². The van der Waals surface area contributed by atoms with E-state index in [2.05, 4.69) is 11.9 Å². The van der Waals surface area contributed by atoms with Gasteiger partial charge < -0.3 is 15.2 Å². The summed E-state index contributed by atoms with van der Waals surface area (Å²) in [5.74, 6) is -0.813. The number of aliphatic carboxylic acids is 1. The molecule has 0 aromatic rings. The second kappa shape index (κ2) is 7.31. The number of amides is 1. The average molecular weight is 275 g/mol. The second-order valence-electron chi connectivity index (χ2n) is 4.81. The third kappa shape index (κ3) is 8.00. The van der Waals surface area contributed by atoms with Crippen LogP contribution < -0.4 is 5.32 Å². The molecular formula is C12H21NO4S. The Labute approximate surface area is 112 Å². The van der Waals surface area contributed by atoms with Gasteiger partial charge in [-0.15, -0.1) is 6.58 Å². The van der Waals surface area contributed by atoms with E-state index < -0.39 is 23.7 Å². The van der Waals surface area contributed by atoms with Gasteiger partial charge in [-0.3, -0.25) is 0 Å². The first-order chi connectivity index (χ1) is 8.15. The summed E-state index contributed by atoms with van der Waals surface area (Å²) in [7, 11) is 0. The van der Waals surface area contributed by atoms with Crippen LogP contribution in [0.15, 0.2) is 12.7 Å².